The van der Waals surface area contributed by atoms with Crippen molar-refractivity contribution in [3.63, 3.8) is 0 Å². The Hall–Kier alpha value is -3.20. The third-order valence-electron chi connectivity index (χ3n) is 5.20. The molecule has 2 aromatic heterocycles. The number of phenols is 1. The second-order valence-electron chi connectivity index (χ2n) is 7.43. The summed E-state index contributed by atoms with van der Waals surface area (Å²) >= 11 is 1.58. The molecule has 0 bridgehead atoms. The maximum Gasteiger partial charge on any atom is 0.262 e. The van der Waals surface area contributed by atoms with Crippen LogP contribution in [0.5, 0.6) is 11.5 Å². The number of hydrogen-bond acceptors (Lipinski definition) is 7. The number of carbonyl (C=O) groups excluding carboxylic acids is 1. The SMILES string of the molecule is COc1cc(/C=N\NC(=O)Cn2cnc3sc4c(c3c2=O)CCC(C)C4)ccc1O. The van der Waals surface area contributed by atoms with E-state index in [9.17, 15) is 14.7 Å². The van der Waals surface area contributed by atoms with Crippen LogP contribution >= 0.6 is 11.3 Å². The molecule has 156 valence electrons. The van der Waals surface area contributed by atoms with Gasteiger partial charge < -0.3 is 9.84 Å². The number of carbonyl (C=O) groups is 1. The van der Waals surface area contributed by atoms with Crippen LogP contribution < -0.4 is 15.7 Å². The van der Waals surface area contributed by atoms with Gasteiger partial charge in [-0.05, 0) is 54.5 Å². The Morgan fingerprint density at radius 3 is 3.13 bits per heavy atom. The number of nitrogens with one attached hydrogen (secondary N) is 1. The highest BCUT2D eigenvalue weighted by Gasteiger charge is 2.23. The molecule has 8 nitrogen and oxygen atoms in total. The van der Waals surface area contributed by atoms with Crippen molar-refractivity contribution in [3.05, 3.63) is 50.9 Å². The predicted octanol–water partition coefficient (Wildman–Crippen LogP) is 2.45. The Morgan fingerprint density at radius 1 is 1.50 bits per heavy atom. The van der Waals surface area contributed by atoms with E-state index in [0.29, 0.717) is 22.6 Å². The van der Waals surface area contributed by atoms with Crippen LogP contribution in [0.25, 0.3) is 10.2 Å². The molecule has 1 atom stereocenters. The van der Waals surface area contributed by atoms with E-state index < -0.39 is 5.91 Å². The molecule has 1 amide bonds. The van der Waals surface area contributed by atoms with Gasteiger partial charge in [0.05, 0.1) is 25.0 Å². The molecule has 0 saturated carbocycles. The van der Waals surface area contributed by atoms with Crippen molar-refractivity contribution in [1.82, 2.24) is 15.0 Å². The number of methoxy groups -OCH3 is 1. The fourth-order valence-corrected chi connectivity index (χ4v) is 4.96. The molecule has 2 heterocycles. The number of hydrazone groups is 1. The highest BCUT2D eigenvalue weighted by Crippen LogP contribution is 2.35. The van der Waals surface area contributed by atoms with Crippen molar-refractivity contribution in [3.8, 4) is 11.5 Å². The average Bonchev–Trinajstić information content (AvgIpc) is 3.09. The van der Waals surface area contributed by atoms with Gasteiger partial charge in [-0.1, -0.05) is 6.92 Å². The van der Waals surface area contributed by atoms with Gasteiger partial charge in [0.25, 0.3) is 11.5 Å². The molecule has 1 aliphatic carbocycles. The number of nitrogens with zero attached hydrogens (tertiary/aromatic N) is 3. The van der Waals surface area contributed by atoms with Gasteiger partial charge in [-0.2, -0.15) is 5.10 Å². The van der Waals surface area contributed by atoms with Gasteiger partial charge in [-0.25, -0.2) is 10.4 Å². The third kappa shape index (κ3) is 3.93. The largest absolute Gasteiger partial charge is 0.504 e. The summed E-state index contributed by atoms with van der Waals surface area (Å²) < 4.78 is 6.36. The number of thiophene rings is 1. The molecule has 0 aliphatic heterocycles. The predicted molar refractivity (Wildman–Crippen MR) is 115 cm³/mol. The molecule has 9 heteroatoms. The second kappa shape index (κ2) is 8.27. The minimum Gasteiger partial charge on any atom is -0.504 e. The lowest BCUT2D eigenvalue weighted by molar-refractivity contribution is -0.121. The fraction of sp³-hybridized carbons (Fsp3) is 0.333. The molecule has 0 fully saturated rings. The van der Waals surface area contributed by atoms with E-state index in [1.807, 2.05) is 0 Å². The molecule has 0 radical (unpaired) electrons. The second-order valence-corrected chi connectivity index (χ2v) is 8.52. The summed E-state index contributed by atoms with van der Waals surface area (Å²) in [6.07, 6.45) is 5.77. The number of benzene rings is 1. The smallest absolute Gasteiger partial charge is 0.262 e. The monoisotopic (exact) mass is 426 g/mol. The number of aryl methyl sites for hydroxylation is 1. The van der Waals surface area contributed by atoms with Crippen molar-refractivity contribution in [1.29, 1.82) is 0 Å². The van der Waals surface area contributed by atoms with Crippen molar-refractivity contribution in [2.75, 3.05) is 7.11 Å². The molecule has 1 aromatic carbocycles. The lowest BCUT2D eigenvalue weighted by Gasteiger charge is -2.17. The van der Waals surface area contributed by atoms with Gasteiger partial charge in [0.2, 0.25) is 0 Å². The molecule has 0 saturated heterocycles. The first-order valence-electron chi connectivity index (χ1n) is 9.65. The number of rotatable bonds is 5. The van der Waals surface area contributed by atoms with Crippen molar-refractivity contribution < 1.29 is 14.6 Å². The Labute approximate surface area is 176 Å². The Balaban J connectivity index is 1.48. The lowest BCUT2D eigenvalue weighted by Crippen LogP contribution is -2.30. The summed E-state index contributed by atoms with van der Waals surface area (Å²) in [4.78, 5) is 31.6. The third-order valence-corrected chi connectivity index (χ3v) is 6.37. The quantitative estimate of drug-likeness (QED) is 0.482. The number of aromatic nitrogens is 2. The number of hydrogen-bond donors (Lipinski definition) is 2. The molecule has 1 aliphatic rings. The standard InChI is InChI=1S/C21H22N4O4S/c1-12-3-5-14-17(7-12)30-20-19(14)21(28)25(11-22-20)10-18(27)24-23-9-13-4-6-15(26)16(8-13)29-2/h4,6,8-9,11-12,26H,3,5,7,10H2,1-2H3,(H,24,27)/b23-9-. The Bertz CT molecular complexity index is 1200. The van der Waals surface area contributed by atoms with Crippen LogP contribution in [0.4, 0.5) is 0 Å². The molecular weight excluding hydrogens is 404 g/mol. The summed E-state index contributed by atoms with van der Waals surface area (Å²) in [6, 6.07) is 4.70. The first-order chi connectivity index (χ1) is 14.5. The van der Waals surface area contributed by atoms with Gasteiger partial charge in [0, 0.05) is 4.88 Å². The topological polar surface area (TPSA) is 106 Å². The Morgan fingerprint density at radius 2 is 2.33 bits per heavy atom. The number of ether oxygens (including phenoxy) is 1. The number of amides is 1. The van der Waals surface area contributed by atoms with E-state index in [1.54, 1.807) is 23.5 Å². The van der Waals surface area contributed by atoms with Gasteiger partial charge in [0.1, 0.15) is 11.4 Å². The highest BCUT2D eigenvalue weighted by atomic mass is 32.1. The van der Waals surface area contributed by atoms with Crippen LogP contribution in [0.3, 0.4) is 0 Å². The van der Waals surface area contributed by atoms with Crippen LogP contribution in [0, 0.1) is 5.92 Å². The van der Waals surface area contributed by atoms with Crippen LogP contribution in [-0.2, 0) is 24.2 Å². The van der Waals surface area contributed by atoms with Crippen molar-refractivity contribution in [2.24, 2.45) is 11.0 Å². The Kier molecular flexibility index (Phi) is 5.54. The first kappa shape index (κ1) is 20.1. The molecule has 4 rings (SSSR count). The van der Waals surface area contributed by atoms with Gasteiger partial charge in [-0.15, -0.1) is 11.3 Å². The van der Waals surface area contributed by atoms with Crippen LogP contribution in [0.2, 0.25) is 0 Å². The molecule has 2 N–H and O–H groups in total. The number of fused-ring (bicyclic) bond motifs is 3. The van der Waals surface area contributed by atoms with E-state index in [2.05, 4.69) is 22.4 Å². The van der Waals surface area contributed by atoms with Crippen LogP contribution in [0.15, 0.2) is 34.4 Å². The van der Waals surface area contributed by atoms with Crippen molar-refractivity contribution >= 4 is 33.7 Å². The van der Waals surface area contributed by atoms with Gasteiger partial charge >= 0.3 is 0 Å². The van der Waals surface area contributed by atoms with E-state index in [1.165, 1.54) is 35.2 Å². The van der Waals surface area contributed by atoms with Gasteiger partial charge in [0.15, 0.2) is 11.5 Å². The average molecular weight is 426 g/mol. The fourth-order valence-electron chi connectivity index (χ4n) is 3.62. The minimum absolute atomic E-state index is 0.0195. The minimum atomic E-state index is -0.432. The zero-order valence-electron chi connectivity index (χ0n) is 16.7. The summed E-state index contributed by atoms with van der Waals surface area (Å²) in [5.41, 5.74) is 3.97. The van der Waals surface area contributed by atoms with E-state index >= 15 is 0 Å². The summed E-state index contributed by atoms with van der Waals surface area (Å²) in [5, 5.41) is 14.2. The summed E-state index contributed by atoms with van der Waals surface area (Å²) in [6.45, 7) is 2.05. The maximum absolute atomic E-state index is 12.9. The molecule has 3 aromatic rings. The number of phenolic OH excluding ortho intramolecular Hbond substituents is 1. The maximum atomic E-state index is 12.9. The van der Waals surface area contributed by atoms with Crippen molar-refractivity contribution in [2.45, 2.75) is 32.7 Å². The van der Waals surface area contributed by atoms with E-state index in [4.69, 9.17) is 4.74 Å². The molecule has 0 spiro atoms. The number of aromatic hydroxyl groups is 1. The highest BCUT2D eigenvalue weighted by molar-refractivity contribution is 7.18. The van der Waals surface area contributed by atoms with E-state index in [-0.39, 0.29) is 17.9 Å². The zero-order chi connectivity index (χ0) is 21.3. The zero-order valence-corrected chi connectivity index (χ0v) is 17.5. The molecule has 1 unspecified atom stereocenters. The van der Waals surface area contributed by atoms with E-state index in [0.717, 1.165) is 29.7 Å². The summed E-state index contributed by atoms with van der Waals surface area (Å²) in [7, 11) is 1.45. The van der Waals surface area contributed by atoms with Gasteiger partial charge in [-0.3, -0.25) is 14.2 Å². The normalized spacial score (nSPS) is 16.0. The lowest BCUT2D eigenvalue weighted by atomic mass is 9.89. The van der Waals surface area contributed by atoms with Crippen LogP contribution in [-0.4, -0.2) is 33.9 Å². The first-order valence-corrected chi connectivity index (χ1v) is 10.5. The van der Waals surface area contributed by atoms with Crippen LogP contribution in [0.1, 0.15) is 29.3 Å². The molecular formula is C21H22N4O4S. The summed E-state index contributed by atoms with van der Waals surface area (Å²) in [5.74, 6) is 0.513. The molecule has 30 heavy (non-hydrogen) atoms.